The molecule has 1 aliphatic rings. The third-order valence-corrected chi connectivity index (χ3v) is 5.02. The minimum atomic E-state index is -4.45. The lowest BCUT2D eigenvalue weighted by Gasteiger charge is -2.24. The van der Waals surface area contributed by atoms with Crippen LogP contribution >= 0.6 is 0 Å². The molecule has 0 bridgehead atoms. The van der Waals surface area contributed by atoms with E-state index in [0.29, 0.717) is 31.2 Å². The first-order valence-electron chi connectivity index (χ1n) is 8.15. The summed E-state index contributed by atoms with van der Waals surface area (Å²) in [6.07, 6.45) is -1.13. The Bertz CT molecular complexity index is 754. The van der Waals surface area contributed by atoms with Crippen LogP contribution in [0.5, 0.6) is 0 Å². The number of benzene rings is 1. The summed E-state index contributed by atoms with van der Waals surface area (Å²) in [5, 5.41) is 0. The van der Waals surface area contributed by atoms with Crippen molar-refractivity contribution >= 4 is 15.9 Å². The number of carbonyl (C=O) groups excluding carboxylic acids is 1. The third-order valence-electron chi connectivity index (χ3n) is 4.45. The first-order chi connectivity index (χ1) is 11.5. The normalized spacial score (nSPS) is 16.4. The van der Waals surface area contributed by atoms with Crippen LogP contribution in [0.4, 0.5) is 13.2 Å². The van der Waals surface area contributed by atoms with E-state index in [4.69, 9.17) is 4.18 Å². The minimum Gasteiger partial charge on any atom is -0.294 e. The Kier molecular flexibility index (Phi) is 5.93. The number of Topliss-reactive ketones (excluding diaryl/α,β-unsaturated/α-hetero) is 1. The number of hydrogen-bond donors (Lipinski definition) is 0. The second-order valence-corrected chi connectivity index (χ2v) is 7.92. The highest BCUT2D eigenvalue weighted by molar-refractivity contribution is 7.85. The highest BCUT2D eigenvalue weighted by Crippen LogP contribution is 2.38. The van der Waals surface area contributed by atoms with Crippen LogP contribution in [0.3, 0.4) is 0 Å². The van der Waals surface area contributed by atoms with Crippen LogP contribution < -0.4 is 0 Å². The van der Waals surface area contributed by atoms with Crippen molar-refractivity contribution in [2.45, 2.75) is 45.2 Å². The maximum absolute atomic E-state index is 13.2. The van der Waals surface area contributed by atoms with Gasteiger partial charge in [-0.3, -0.25) is 8.98 Å². The Morgan fingerprint density at radius 2 is 1.80 bits per heavy atom. The van der Waals surface area contributed by atoms with E-state index >= 15 is 0 Å². The summed E-state index contributed by atoms with van der Waals surface area (Å²) in [4.78, 5) is 12.8. The van der Waals surface area contributed by atoms with E-state index in [1.165, 1.54) is 6.07 Å². The molecule has 0 aliphatic heterocycles. The number of hydrogen-bond acceptors (Lipinski definition) is 4. The summed E-state index contributed by atoms with van der Waals surface area (Å²) >= 11 is 0. The predicted octanol–water partition coefficient (Wildman–Crippen LogP) is 3.77. The van der Waals surface area contributed by atoms with E-state index in [-0.39, 0.29) is 23.5 Å². The fourth-order valence-electron chi connectivity index (χ4n) is 3.17. The van der Waals surface area contributed by atoms with Crippen LogP contribution in [0.1, 0.15) is 53.2 Å². The van der Waals surface area contributed by atoms with Crippen LogP contribution in [0.25, 0.3) is 0 Å². The Balaban J connectivity index is 2.39. The monoisotopic (exact) mass is 378 g/mol. The van der Waals surface area contributed by atoms with Crippen LogP contribution in [0.15, 0.2) is 12.1 Å². The van der Waals surface area contributed by atoms with Gasteiger partial charge in [0.1, 0.15) is 0 Å². The van der Waals surface area contributed by atoms with Crippen molar-refractivity contribution in [2.75, 3.05) is 12.9 Å². The first kappa shape index (κ1) is 19.9. The van der Waals surface area contributed by atoms with Gasteiger partial charge in [0.05, 0.1) is 18.4 Å². The standard InChI is InChI=1S/C17H21F3O4S/c1-3-11(10-24-25(2,22)23)16(21)14-8-9-15(17(18,19)20)13-7-5-4-6-12(13)14/h8-9,11H,3-7,10H2,1-2H3. The molecule has 8 heteroatoms. The van der Waals surface area contributed by atoms with Crippen molar-refractivity contribution in [2.24, 2.45) is 5.92 Å². The van der Waals surface area contributed by atoms with Crippen molar-refractivity contribution < 1.29 is 30.6 Å². The van der Waals surface area contributed by atoms with Gasteiger partial charge in [0.15, 0.2) is 5.78 Å². The molecule has 25 heavy (non-hydrogen) atoms. The second-order valence-electron chi connectivity index (χ2n) is 6.28. The zero-order chi connectivity index (χ0) is 18.8. The summed E-state index contributed by atoms with van der Waals surface area (Å²) in [5.74, 6) is -1.07. The molecular formula is C17H21F3O4S. The molecule has 0 spiro atoms. The topological polar surface area (TPSA) is 60.4 Å². The van der Waals surface area contributed by atoms with Crippen LogP contribution in [-0.2, 0) is 33.3 Å². The summed E-state index contributed by atoms with van der Waals surface area (Å²) in [6, 6.07) is 2.18. The van der Waals surface area contributed by atoms with Gasteiger partial charge in [0.25, 0.3) is 10.1 Å². The zero-order valence-electron chi connectivity index (χ0n) is 14.1. The third kappa shape index (κ3) is 4.82. The Morgan fingerprint density at radius 1 is 1.20 bits per heavy atom. The summed E-state index contributed by atoms with van der Waals surface area (Å²) in [6.45, 7) is 1.41. The molecule has 0 heterocycles. The average Bonchev–Trinajstić information content (AvgIpc) is 2.52. The van der Waals surface area contributed by atoms with E-state index in [1.54, 1.807) is 6.92 Å². The number of alkyl halides is 3. The van der Waals surface area contributed by atoms with Crippen molar-refractivity contribution in [3.63, 3.8) is 0 Å². The molecule has 0 fully saturated rings. The van der Waals surface area contributed by atoms with E-state index in [2.05, 4.69) is 0 Å². The molecule has 1 atom stereocenters. The fraction of sp³-hybridized carbons (Fsp3) is 0.588. The van der Waals surface area contributed by atoms with E-state index in [9.17, 15) is 26.4 Å². The van der Waals surface area contributed by atoms with E-state index < -0.39 is 27.8 Å². The SMILES string of the molecule is CCC(COS(C)(=O)=O)C(=O)c1ccc(C(F)(F)F)c2c1CCCC2. The largest absolute Gasteiger partial charge is 0.416 e. The minimum absolute atomic E-state index is 0.198. The van der Waals surface area contributed by atoms with Gasteiger partial charge < -0.3 is 0 Å². The van der Waals surface area contributed by atoms with E-state index in [0.717, 1.165) is 18.7 Å². The van der Waals surface area contributed by atoms with E-state index in [1.807, 2.05) is 0 Å². The van der Waals surface area contributed by atoms with Gasteiger partial charge in [-0.15, -0.1) is 0 Å². The molecule has 1 aromatic carbocycles. The summed E-state index contributed by atoms with van der Waals surface area (Å²) in [5.41, 5.74) is 0.221. The number of rotatable bonds is 6. The van der Waals surface area contributed by atoms with Crippen LogP contribution in [-0.4, -0.2) is 27.1 Å². The Hall–Kier alpha value is -1.41. The maximum atomic E-state index is 13.2. The second kappa shape index (κ2) is 7.45. The molecule has 0 aromatic heterocycles. The Labute approximate surface area is 145 Å². The highest BCUT2D eigenvalue weighted by atomic mass is 32.2. The van der Waals surface area contributed by atoms with Gasteiger partial charge in [0, 0.05) is 11.5 Å². The molecule has 0 radical (unpaired) electrons. The molecule has 1 aromatic rings. The summed E-state index contributed by atoms with van der Waals surface area (Å²) < 4.78 is 66.6. The molecule has 0 saturated heterocycles. The molecule has 1 aliphatic carbocycles. The number of carbonyl (C=O) groups is 1. The fourth-order valence-corrected chi connectivity index (χ4v) is 3.58. The highest BCUT2D eigenvalue weighted by Gasteiger charge is 2.36. The smallest absolute Gasteiger partial charge is 0.294 e. The molecule has 0 amide bonds. The molecule has 0 N–H and O–H groups in total. The molecule has 4 nitrogen and oxygen atoms in total. The quantitative estimate of drug-likeness (QED) is 0.558. The van der Waals surface area contributed by atoms with Crippen molar-refractivity contribution in [1.29, 1.82) is 0 Å². The molecule has 2 rings (SSSR count). The van der Waals surface area contributed by atoms with Gasteiger partial charge in [-0.1, -0.05) is 13.0 Å². The van der Waals surface area contributed by atoms with Gasteiger partial charge in [0.2, 0.25) is 0 Å². The lowest BCUT2D eigenvalue weighted by atomic mass is 9.81. The summed E-state index contributed by atoms with van der Waals surface area (Å²) in [7, 11) is -3.69. The van der Waals surface area contributed by atoms with Gasteiger partial charge >= 0.3 is 6.18 Å². The molecular weight excluding hydrogens is 357 g/mol. The zero-order valence-corrected chi connectivity index (χ0v) is 15.0. The van der Waals surface area contributed by atoms with Crippen LogP contribution in [0, 0.1) is 5.92 Å². The number of fused-ring (bicyclic) bond motifs is 1. The lowest BCUT2D eigenvalue weighted by molar-refractivity contribution is -0.138. The van der Waals surface area contributed by atoms with Crippen molar-refractivity contribution in [3.05, 3.63) is 34.4 Å². The predicted molar refractivity (Wildman–Crippen MR) is 87.0 cm³/mol. The first-order valence-corrected chi connectivity index (χ1v) is 9.96. The maximum Gasteiger partial charge on any atom is 0.416 e. The van der Waals surface area contributed by atoms with Gasteiger partial charge in [-0.25, -0.2) is 0 Å². The van der Waals surface area contributed by atoms with Crippen LogP contribution in [0.2, 0.25) is 0 Å². The average molecular weight is 378 g/mol. The Morgan fingerprint density at radius 3 is 2.32 bits per heavy atom. The molecule has 1 unspecified atom stereocenters. The number of halogens is 3. The van der Waals surface area contributed by atoms with Gasteiger partial charge in [-0.05, 0) is 49.3 Å². The molecule has 140 valence electrons. The lowest BCUT2D eigenvalue weighted by Crippen LogP contribution is -2.25. The molecule has 0 saturated carbocycles. The van der Waals surface area contributed by atoms with Crippen molar-refractivity contribution in [3.8, 4) is 0 Å². The number of ketones is 1. The van der Waals surface area contributed by atoms with Gasteiger partial charge in [-0.2, -0.15) is 21.6 Å². The van der Waals surface area contributed by atoms with Crippen molar-refractivity contribution in [1.82, 2.24) is 0 Å².